The van der Waals surface area contributed by atoms with Crippen LogP contribution in [0.2, 0.25) is 0 Å². The zero-order valence-corrected chi connectivity index (χ0v) is 16.9. The van der Waals surface area contributed by atoms with Gasteiger partial charge < -0.3 is 15.3 Å². The third-order valence-electron chi connectivity index (χ3n) is 5.25. The van der Waals surface area contributed by atoms with Crippen LogP contribution in [0.1, 0.15) is 38.2 Å². The molecule has 2 N–H and O–H groups in total. The molecule has 1 saturated heterocycles. The molecule has 0 bridgehead atoms. The van der Waals surface area contributed by atoms with Gasteiger partial charge in [0.1, 0.15) is 0 Å². The van der Waals surface area contributed by atoms with Crippen molar-refractivity contribution in [3.8, 4) is 0 Å². The molecule has 26 heavy (non-hydrogen) atoms. The van der Waals surface area contributed by atoms with Gasteiger partial charge in [-0.1, -0.05) is 42.0 Å². The number of carbonyl (C=O) groups is 1. The first-order valence-electron chi connectivity index (χ1n) is 9.05. The average Bonchev–Trinajstić information content (AvgIpc) is 3.34. The molecule has 6 heteroatoms. The lowest BCUT2D eigenvalue weighted by Crippen LogP contribution is -2.44. The molecule has 2 unspecified atom stereocenters. The Labute approximate surface area is 168 Å². The number of likely N-dealkylation sites (tertiary alicyclic amines) is 1. The summed E-state index contributed by atoms with van der Waals surface area (Å²) in [6, 6.07) is 11.7. The normalized spacial score (nSPS) is 23.7. The second kappa shape index (κ2) is 10.9. The minimum atomic E-state index is -0.697. The first kappa shape index (κ1) is 23.0. The molecule has 2 aliphatic rings. The molecule has 0 spiro atoms. The van der Waals surface area contributed by atoms with Gasteiger partial charge in [-0.05, 0) is 50.8 Å². The van der Waals surface area contributed by atoms with Crippen LogP contribution >= 0.6 is 24.8 Å². The fourth-order valence-electron chi connectivity index (χ4n) is 3.68. The molecule has 1 aromatic carbocycles. The maximum atomic E-state index is 10.6. The van der Waals surface area contributed by atoms with Gasteiger partial charge in [-0.25, -0.2) is 0 Å². The quantitative estimate of drug-likeness (QED) is 0.729. The van der Waals surface area contributed by atoms with Crippen molar-refractivity contribution >= 4 is 36.9 Å². The summed E-state index contributed by atoms with van der Waals surface area (Å²) in [5, 5.41) is 12.6. The summed E-state index contributed by atoms with van der Waals surface area (Å²) in [7, 11) is 0. The Morgan fingerprint density at radius 1 is 1.23 bits per heavy atom. The van der Waals surface area contributed by atoms with Crippen LogP contribution in [-0.2, 0) is 4.79 Å². The number of nitrogens with one attached hydrogen (secondary N) is 1. The van der Waals surface area contributed by atoms with Gasteiger partial charge in [0.25, 0.3) is 0 Å². The SMILES string of the molecule is C/C(=C\c1ccccc1)C1CC1NC1CCN(CCC(=O)O)CC1.Cl.Cl. The molecule has 0 radical (unpaired) electrons. The van der Waals surface area contributed by atoms with Crippen LogP contribution in [0, 0.1) is 5.92 Å². The van der Waals surface area contributed by atoms with E-state index in [0.717, 1.165) is 25.9 Å². The molecule has 1 heterocycles. The van der Waals surface area contributed by atoms with E-state index in [-0.39, 0.29) is 31.2 Å². The molecular weight excluding hydrogens is 371 g/mol. The van der Waals surface area contributed by atoms with Gasteiger partial charge in [-0.2, -0.15) is 0 Å². The molecule has 0 aromatic heterocycles. The summed E-state index contributed by atoms with van der Waals surface area (Å²) < 4.78 is 0. The monoisotopic (exact) mass is 400 g/mol. The fraction of sp³-hybridized carbons (Fsp3) is 0.550. The number of piperidine rings is 1. The van der Waals surface area contributed by atoms with Crippen molar-refractivity contribution in [3.05, 3.63) is 41.5 Å². The van der Waals surface area contributed by atoms with E-state index in [9.17, 15) is 4.79 Å². The Kier molecular flexibility index (Phi) is 9.66. The molecule has 0 amide bonds. The van der Waals surface area contributed by atoms with Gasteiger partial charge in [0.15, 0.2) is 0 Å². The van der Waals surface area contributed by atoms with Crippen molar-refractivity contribution in [1.29, 1.82) is 0 Å². The summed E-state index contributed by atoms with van der Waals surface area (Å²) in [4.78, 5) is 12.9. The van der Waals surface area contributed by atoms with Crippen molar-refractivity contribution < 1.29 is 9.90 Å². The number of rotatable bonds is 7. The van der Waals surface area contributed by atoms with Gasteiger partial charge in [-0.15, -0.1) is 24.8 Å². The molecule has 1 aliphatic carbocycles. The Balaban J connectivity index is 0.00000169. The van der Waals surface area contributed by atoms with Crippen molar-refractivity contribution in [2.45, 2.75) is 44.7 Å². The third-order valence-corrected chi connectivity index (χ3v) is 5.25. The van der Waals surface area contributed by atoms with Crippen LogP contribution in [0.15, 0.2) is 35.9 Å². The molecule has 2 atom stereocenters. The maximum Gasteiger partial charge on any atom is 0.304 e. The molecule has 1 aliphatic heterocycles. The lowest BCUT2D eigenvalue weighted by molar-refractivity contribution is -0.137. The largest absolute Gasteiger partial charge is 0.481 e. The van der Waals surface area contributed by atoms with Crippen LogP contribution in [0.4, 0.5) is 0 Å². The number of halogens is 2. The standard InChI is InChI=1S/C20H28N2O2.2ClH/c1-15(13-16-5-3-2-4-6-16)18-14-19(18)21-17-7-10-22(11-8-17)12-9-20(23)24;;/h2-6,13,17-19,21H,7-12,14H2,1H3,(H,23,24);2*1H/b15-13+;;. The summed E-state index contributed by atoms with van der Waals surface area (Å²) in [5.74, 6) is -0.0213. The smallest absolute Gasteiger partial charge is 0.304 e. The van der Waals surface area contributed by atoms with Gasteiger partial charge >= 0.3 is 5.97 Å². The van der Waals surface area contributed by atoms with E-state index >= 15 is 0 Å². The lowest BCUT2D eigenvalue weighted by atomic mass is 10.0. The second-order valence-corrected chi connectivity index (χ2v) is 7.17. The van der Waals surface area contributed by atoms with Crippen molar-refractivity contribution in [2.75, 3.05) is 19.6 Å². The molecule has 1 saturated carbocycles. The zero-order valence-electron chi connectivity index (χ0n) is 15.3. The Bertz CT molecular complexity index is 587. The summed E-state index contributed by atoms with van der Waals surface area (Å²) in [6.45, 7) is 4.96. The minimum absolute atomic E-state index is 0. The number of nitrogens with zero attached hydrogens (tertiary/aromatic N) is 1. The van der Waals surface area contributed by atoms with E-state index < -0.39 is 5.97 Å². The highest BCUT2D eigenvalue weighted by Gasteiger charge is 2.39. The number of hydrogen-bond acceptors (Lipinski definition) is 3. The van der Waals surface area contributed by atoms with Gasteiger partial charge in [0, 0.05) is 18.6 Å². The number of carboxylic acid groups (broad SMARTS) is 1. The number of carboxylic acids is 1. The average molecular weight is 401 g/mol. The van der Waals surface area contributed by atoms with E-state index in [1.807, 2.05) is 0 Å². The van der Waals surface area contributed by atoms with Gasteiger partial charge in [0.2, 0.25) is 0 Å². The van der Waals surface area contributed by atoms with Crippen LogP contribution in [0.5, 0.6) is 0 Å². The van der Waals surface area contributed by atoms with Crippen LogP contribution in [0.3, 0.4) is 0 Å². The van der Waals surface area contributed by atoms with Crippen LogP contribution in [0.25, 0.3) is 6.08 Å². The first-order valence-corrected chi connectivity index (χ1v) is 9.05. The molecule has 2 fully saturated rings. The highest BCUT2D eigenvalue weighted by Crippen LogP contribution is 2.38. The van der Waals surface area contributed by atoms with E-state index in [1.165, 1.54) is 17.6 Å². The number of benzene rings is 1. The van der Waals surface area contributed by atoms with Gasteiger partial charge in [-0.3, -0.25) is 4.79 Å². The lowest BCUT2D eigenvalue weighted by Gasteiger charge is -2.32. The Morgan fingerprint density at radius 2 is 1.88 bits per heavy atom. The first-order chi connectivity index (χ1) is 11.6. The van der Waals surface area contributed by atoms with Gasteiger partial charge in [0.05, 0.1) is 6.42 Å². The van der Waals surface area contributed by atoms with E-state index in [2.05, 4.69) is 53.5 Å². The van der Waals surface area contributed by atoms with E-state index in [0.29, 0.717) is 24.5 Å². The van der Waals surface area contributed by atoms with Crippen molar-refractivity contribution in [2.24, 2.45) is 5.92 Å². The predicted octanol–water partition coefficient (Wildman–Crippen LogP) is 3.85. The Morgan fingerprint density at radius 3 is 2.50 bits per heavy atom. The molecule has 1 aromatic rings. The molecule has 146 valence electrons. The summed E-state index contributed by atoms with van der Waals surface area (Å²) in [6.07, 6.45) is 6.07. The van der Waals surface area contributed by atoms with E-state index in [4.69, 9.17) is 5.11 Å². The van der Waals surface area contributed by atoms with Crippen molar-refractivity contribution in [3.63, 3.8) is 0 Å². The number of hydrogen-bond donors (Lipinski definition) is 2. The van der Waals surface area contributed by atoms with Crippen LogP contribution in [-0.4, -0.2) is 47.7 Å². The fourth-order valence-corrected chi connectivity index (χ4v) is 3.68. The summed E-state index contributed by atoms with van der Waals surface area (Å²) >= 11 is 0. The molecular formula is C20H30Cl2N2O2. The second-order valence-electron chi connectivity index (χ2n) is 7.17. The maximum absolute atomic E-state index is 10.6. The van der Waals surface area contributed by atoms with Crippen LogP contribution < -0.4 is 5.32 Å². The Hall–Kier alpha value is -1.07. The van der Waals surface area contributed by atoms with E-state index in [1.54, 1.807) is 0 Å². The zero-order chi connectivity index (χ0) is 16.9. The highest BCUT2D eigenvalue weighted by molar-refractivity contribution is 5.85. The summed E-state index contributed by atoms with van der Waals surface area (Å²) in [5.41, 5.74) is 2.75. The molecule has 3 rings (SSSR count). The highest BCUT2D eigenvalue weighted by atomic mass is 35.5. The minimum Gasteiger partial charge on any atom is -0.481 e. The predicted molar refractivity (Wildman–Crippen MR) is 111 cm³/mol. The number of aliphatic carboxylic acids is 1. The third kappa shape index (κ3) is 6.92. The topological polar surface area (TPSA) is 52.6 Å². The molecule has 4 nitrogen and oxygen atoms in total. The van der Waals surface area contributed by atoms with Crippen molar-refractivity contribution in [1.82, 2.24) is 10.2 Å².